The van der Waals surface area contributed by atoms with E-state index in [0.717, 1.165) is 32.1 Å². The Bertz CT molecular complexity index is 491. The van der Waals surface area contributed by atoms with Crippen LogP contribution >= 0.6 is 0 Å². The van der Waals surface area contributed by atoms with E-state index in [-0.39, 0.29) is 11.8 Å². The molecule has 1 unspecified atom stereocenters. The van der Waals surface area contributed by atoms with Crippen molar-refractivity contribution in [3.63, 3.8) is 0 Å². The first-order chi connectivity index (χ1) is 9.09. The van der Waals surface area contributed by atoms with E-state index in [0.29, 0.717) is 10.3 Å². The van der Waals surface area contributed by atoms with E-state index in [2.05, 4.69) is 17.0 Å². The molecule has 6 nitrogen and oxygen atoms in total. The summed E-state index contributed by atoms with van der Waals surface area (Å²) in [5.74, 6) is -0.656. The van der Waals surface area contributed by atoms with Crippen molar-refractivity contribution in [2.45, 2.75) is 38.0 Å². The number of allylic oxidation sites excluding steroid dienone is 2. The number of carboxylic acid groups (broad SMARTS) is 1. The number of aromatic nitrogens is 1. The lowest BCUT2D eigenvalue weighted by Gasteiger charge is -2.16. The van der Waals surface area contributed by atoms with Crippen LogP contribution in [0.1, 0.15) is 43.6 Å². The zero-order valence-corrected chi connectivity index (χ0v) is 10.5. The maximum absolute atomic E-state index is 10.5. The molecule has 0 amide bonds. The predicted molar refractivity (Wildman–Crippen MR) is 67.3 cm³/mol. The standard InChI is InChI=1S/C13H17NO5/c15-11-8-10(12(16)14(11)19-13(17)18)9-6-4-2-1-3-5-7-9/h1-2,8-9,15-16H,3-7H2,(H,17,18). The SMILES string of the molecule is O=C(O)On1c(O)cc(C2CCC=CCCC2)c1O. The van der Waals surface area contributed by atoms with Gasteiger partial charge in [-0.1, -0.05) is 12.2 Å². The van der Waals surface area contributed by atoms with Gasteiger partial charge in [-0.05, 0) is 38.0 Å². The van der Waals surface area contributed by atoms with Crippen LogP contribution in [0.2, 0.25) is 0 Å². The van der Waals surface area contributed by atoms with E-state index in [1.165, 1.54) is 6.07 Å². The number of aromatic hydroxyl groups is 2. The summed E-state index contributed by atoms with van der Waals surface area (Å²) in [5, 5.41) is 28.1. The topological polar surface area (TPSA) is 91.9 Å². The first-order valence-corrected chi connectivity index (χ1v) is 6.29. The first-order valence-electron chi connectivity index (χ1n) is 6.29. The van der Waals surface area contributed by atoms with Crippen LogP contribution in [-0.2, 0) is 0 Å². The average molecular weight is 267 g/mol. The minimum atomic E-state index is -1.59. The summed E-state index contributed by atoms with van der Waals surface area (Å²) < 4.78 is 0.534. The first kappa shape index (κ1) is 13.3. The van der Waals surface area contributed by atoms with E-state index >= 15 is 0 Å². The molecule has 0 bridgehead atoms. The molecule has 1 aliphatic carbocycles. The fourth-order valence-electron chi connectivity index (χ4n) is 2.43. The zero-order valence-electron chi connectivity index (χ0n) is 10.5. The molecule has 19 heavy (non-hydrogen) atoms. The summed E-state index contributed by atoms with van der Waals surface area (Å²) in [4.78, 5) is 14.8. The highest BCUT2D eigenvalue weighted by molar-refractivity contribution is 5.58. The molecule has 1 heterocycles. The number of hydrogen-bond acceptors (Lipinski definition) is 4. The highest BCUT2D eigenvalue weighted by Crippen LogP contribution is 2.38. The van der Waals surface area contributed by atoms with Gasteiger partial charge >= 0.3 is 6.16 Å². The molecule has 2 rings (SSSR count). The molecule has 0 spiro atoms. The quantitative estimate of drug-likeness (QED) is 0.716. The summed E-state index contributed by atoms with van der Waals surface area (Å²) >= 11 is 0. The molecule has 0 aromatic carbocycles. The Morgan fingerprint density at radius 3 is 2.74 bits per heavy atom. The Morgan fingerprint density at radius 2 is 2.00 bits per heavy atom. The molecule has 1 aromatic heterocycles. The molecule has 1 aliphatic rings. The molecule has 3 N–H and O–H groups in total. The number of nitrogens with zero attached hydrogens (tertiary/aromatic N) is 1. The van der Waals surface area contributed by atoms with Gasteiger partial charge in [0.25, 0.3) is 0 Å². The second kappa shape index (κ2) is 5.69. The van der Waals surface area contributed by atoms with Crippen molar-refractivity contribution >= 4 is 6.16 Å². The highest BCUT2D eigenvalue weighted by atomic mass is 16.8. The average Bonchev–Trinajstić information content (AvgIpc) is 2.56. The Balaban J connectivity index is 2.24. The lowest BCUT2D eigenvalue weighted by atomic mass is 9.89. The van der Waals surface area contributed by atoms with Crippen molar-refractivity contribution in [1.82, 2.24) is 4.73 Å². The number of hydrogen-bond donors (Lipinski definition) is 3. The maximum atomic E-state index is 10.5. The molecule has 1 aromatic rings. The fraction of sp³-hybridized carbons (Fsp3) is 0.462. The Hall–Kier alpha value is -2.11. The molecule has 0 saturated heterocycles. The van der Waals surface area contributed by atoms with Crippen LogP contribution in [-0.4, -0.2) is 26.2 Å². The Kier molecular flexibility index (Phi) is 3.99. The molecule has 1 atom stereocenters. The molecule has 104 valence electrons. The lowest BCUT2D eigenvalue weighted by Crippen LogP contribution is -2.16. The third kappa shape index (κ3) is 3.01. The van der Waals surface area contributed by atoms with E-state index in [1.54, 1.807) is 0 Å². The van der Waals surface area contributed by atoms with Crippen molar-refractivity contribution in [1.29, 1.82) is 0 Å². The minimum absolute atomic E-state index is 0.0921. The second-order valence-electron chi connectivity index (χ2n) is 4.61. The summed E-state index contributed by atoms with van der Waals surface area (Å²) in [6.07, 6.45) is 7.28. The van der Waals surface area contributed by atoms with Crippen molar-refractivity contribution in [3.05, 3.63) is 23.8 Å². The van der Waals surface area contributed by atoms with E-state index in [9.17, 15) is 15.0 Å². The van der Waals surface area contributed by atoms with Crippen LogP contribution in [0.25, 0.3) is 0 Å². The minimum Gasteiger partial charge on any atom is -0.492 e. The monoisotopic (exact) mass is 267 g/mol. The third-order valence-corrected chi connectivity index (χ3v) is 3.32. The van der Waals surface area contributed by atoms with E-state index in [1.807, 2.05) is 0 Å². The largest absolute Gasteiger partial charge is 0.531 e. The van der Waals surface area contributed by atoms with Gasteiger partial charge < -0.3 is 15.3 Å². The van der Waals surface area contributed by atoms with Crippen molar-refractivity contribution < 1.29 is 25.0 Å². The normalized spacial score (nSPS) is 19.7. The van der Waals surface area contributed by atoms with Gasteiger partial charge in [-0.25, -0.2) is 4.79 Å². The number of rotatable bonds is 2. The molecule has 0 saturated carbocycles. The van der Waals surface area contributed by atoms with Gasteiger partial charge in [-0.2, -0.15) is 0 Å². The van der Waals surface area contributed by atoms with Gasteiger partial charge in [-0.15, -0.1) is 4.73 Å². The molecule has 6 heteroatoms. The second-order valence-corrected chi connectivity index (χ2v) is 4.61. The molecular weight excluding hydrogens is 250 g/mol. The van der Waals surface area contributed by atoms with Gasteiger partial charge in [0.05, 0.1) is 0 Å². The van der Waals surface area contributed by atoms with Crippen molar-refractivity contribution in [3.8, 4) is 11.8 Å². The summed E-state index contributed by atoms with van der Waals surface area (Å²) in [7, 11) is 0. The third-order valence-electron chi connectivity index (χ3n) is 3.32. The molecule has 0 radical (unpaired) electrons. The smallest absolute Gasteiger partial charge is 0.492 e. The van der Waals surface area contributed by atoms with Gasteiger partial charge in [0.2, 0.25) is 11.8 Å². The van der Waals surface area contributed by atoms with Crippen molar-refractivity contribution in [2.75, 3.05) is 0 Å². The zero-order chi connectivity index (χ0) is 13.8. The summed E-state index contributed by atoms with van der Waals surface area (Å²) in [6, 6.07) is 1.37. The molecular formula is C13H17NO5. The van der Waals surface area contributed by atoms with E-state index < -0.39 is 12.0 Å². The van der Waals surface area contributed by atoms with Crippen LogP contribution in [0, 0.1) is 0 Å². The van der Waals surface area contributed by atoms with Crippen LogP contribution in [0.5, 0.6) is 11.8 Å². The van der Waals surface area contributed by atoms with Crippen LogP contribution in [0.4, 0.5) is 4.79 Å². The molecule has 0 aliphatic heterocycles. The summed E-state index contributed by atoms with van der Waals surface area (Å²) in [5.41, 5.74) is 0.536. The molecule has 0 fully saturated rings. The van der Waals surface area contributed by atoms with Gasteiger partial charge in [0.15, 0.2) is 0 Å². The van der Waals surface area contributed by atoms with Crippen LogP contribution in [0.3, 0.4) is 0 Å². The fourth-order valence-corrected chi connectivity index (χ4v) is 2.43. The van der Waals surface area contributed by atoms with Gasteiger partial charge in [0, 0.05) is 11.6 Å². The van der Waals surface area contributed by atoms with Gasteiger partial charge in [0.1, 0.15) is 0 Å². The highest BCUT2D eigenvalue weighted by Gasteiger charge is 2.23. The lowest BCUT2D eigenvalue weighted by molar-refractivity contribution is 0.0641. The number of carbonyl (C=O) groups is 1. The Labute approximate surface area is 110 Å². The van der Waals surface area contributed by atoms with E-state index in [4.69, 9.17) is 5.11 Å². The summed E-state index contributed by atoms with van der Waals surface area (Å²) in [6.45, 7) is 0. The van der Waals surface area contributed by atoms with Crippen LogP contribution in [0.15, 0.2) is 18.2 Å². The predicted octanol–water partition coefficient (Wildman–Crippen LogP) is 2.61. The van der Waals surface area contributed by atoms with Crippen molar-refractivity contribution in [2.24, 2.45) is 0 Å². The maximum Gasteiger partial charge on any atom is 0.531 e. The van der Waals surface area contributed by atoms with Crippen LogP contribution < -0.4 is 4.84 Å². The van der Waals surface area contributed by atoms with Gasteiger partial charge in [-0.3, -0.25) is 4.84 Å². The Morgan fingerprint density at radius 1 is 1.26 bits per heavy atom.